The molecule has 5 rings (SSSR count). The smallest absolute Gasteiger partial charge is 0.321 e. The summed E-state index contributed by atoms with van der Waals surface area (Å²) in [4.78, 5) is 33.8. The van der Waals surface area contributed by atoms with Crippen LogP contribution in [0.4, 0.5) is 16.2 Å². The van der Waals surface area contributed by atoms with Gasteiger partial charge < -0.3 is 19.5 Å². The zero-order valence-electron chi connectivity index (χ0n) is 20.9. The molecule has 36 heavy (non-hydrogen) atoms. The number of rotatable bonds is 5. The lowest BCUT2D eigenvalue weighted by molar-refractivity contribution is 0.101. The lowest BCUT2D eigenvalue weighted by Gasteiger charge is -2.32. The van der Waals surface area contributed by atoms with Crippen LogP contribution in [0.5, 0.6) is 0 Å². The Balaban J connectivity index is 1.38. The Morgan fingerprint density at radius 1 is 1.00 bits per heavy atom. The highest BCUT2D eigenvalue weighted by atomic mass is 16.2. The number of fused-ring (bicyclic) bond motifs is 1. The Bertz CT molecular complexity index is 1390. The van der Waals surface area contributed by atoms with Crippen molar-refractivity contribution in [2.24, 2.45) is 0 Å². The third-order valence-corrected chi connectivity index (χ3v) is 6.85. The number of hydrogen-bond donors (Lipinski definition) is 1. The lowest BCUT2D eigenvalue weighted by atomic mass is 9.97. The number of ketones is 1. The molecule has 0 bridgehead atoms. The zero-order chi connectivity index (χ0) is 25.2. The predicted octanol–water partition coefficient (Wildman–Crippen LogP) is 5.68. The van der Waals surface area contributed by atoms with E-state index in [0.717, 1.165) is 53.4 Å². The van der Waals surface area contributed by atoms with Gasteiger partial charge in [-0.3, -0.25) is 4.79 Å². The van der Waals surface area contributed by atoms with Gasteiger partial charge in [-0.25, -0.2) is 9.78 Å². The van der Waals surface area contributed by atoms with Crippen LogP contribution in [0.3, 0.4) is 0 Å². The summed E-state index contributed by atoms with van der Waals surface area (Å²) in [5, 5.41) is 3.05. The van der Waals surface area contributed by atoms with Crippen LogP contribution < -0.4 is 10.2 Å². The maximum Gasteiger partial charge on any atom is 0.321 e. The number of urea groups is 1. The van der Waals surface area contributed by atoms with E-state index in [4.69, 9.17) is 4.98 Å². The van der Waals surface area contributed by atoms with E-state index in [1.807, 2.05) is 90.8 Å². The zero-order valence-corrected chi connectivity index (χ0v) is 20.9. The van der Waals surface area contributed by atoms with Crippen LogP contribution in [-0.2, 0) is 0 Å². The normalized spacial score (nSPS) is 15.6. The number of carbonyl (C=O) groups is 2. The van der Waals surface area contributed by atoms with Crippen molar-refractivity contribution in [2.45, 2.75) is 25.7 Å². The molecule has 0 radical (unpaired) electrons. The number of pyridine rings is 1. The van der Waals surface area contributed by atoms with E-state index >= 15 is 0 Å². The lowest BCUT2D eigenvalue weighted by Crippen LogP contribution is -2.42. The summed E-state index contributed by atoms with van der Waals surface area (Å²) in [6.07, 6.45) is 3.93. The van der Waals surface area contributed by atoms with Crippen LogP contribution in [-0.4, -0.2) is 53.3 Å². The Morgan fingerprint density at radius 3 is 2.44 bits per heavy atom. The second-order valence-electron chi connectivity index (χ2n) is 9.56. The van der Waals surface area contributed by atoms with Gasteiger partial charge in [-0.15, -0.1) is 0 Å². The molecular formula is C29H31N5O2. The van der Waals surface area contributed by atoms with Crippen molar-refractivity contribution in [3.63, 3.8) is 0 Å². The van der Waals surface area contributed by atoms with Gasteiger partial charge in [-0.05, 0) is 56.2 Å². The topological polar surface area (TPSA) is 70.0 Å². The fourth-order valence-corrected chi connectivity index (χ4v) is 4.84. The minimum Gasteiger partial charge on any atom is -0.378 e. The van der Waals surface area contributed by atoms with Crippen molar-refractivity contribution in [1.29, 1.82) is 0 Å². The summed E-state index contributed by atoms with van der Waals surface area (Å²) in [6.45, 7) is 2.90. The average molecular weight is 482 g/mol. The number of likely N-dealkylation sites (tertiary alicyclic amines) is 1. The third kappa shape index (κ3) is 4.69. The molecule has 0 saturated carbocycles. The highest BCUT2D eigenvalue weighted by Gasteiger charge is 2.28. The van der Waals surface area contributed by atoms with E-state index < -0.39 is 0 Å². The minimum atomic E-state index is -0.0850. The van der Waals surface area contributed by atoms with Crippen LogP contribution in [0.15, 0.2) is 72.9 Å². The van der Waals surface area contributed by atoms with Gasteiger partial charge in [0, 0.05) is 61.8 Å². The number of amides is 2. The van der Waals surface area contributed by atoms with Gasteiger partial charge in [0.2, 0.25) is 0 Å². The number of nitrogens with one attached hydrogen (secondary N) is 1. The molecule has 1 atom stereocenters. The summed E-state index contributed by atoms with van der Waals surface area (Å²) in [5.74, 6) is 1.14. The van der Waals surface area contributed by atoms with E-state index in [9.17, 15) is 9.59 Å². The second-order valence-corrected chi connectivity index (χ2v) is 9.56. The van der Waals surface area contributed by atoms with Gasteiger partial charge in [0.15, 0.2) is 5.78 Å². The molecule has 184 valence electrons. The van der Waals surface area contributed by atoms with Gasteiger partial charge in [0.05, 0.1) is 11.2 Å². The highest BCUT2D eigenvalue weighted by Crippen LogP contribution is 2.32. The number of benzene rings is 2. The molecule has 1 saturated heterocycles. The maximum absolute atomic E-state index is 13.1. The molecule has 0 aliphatic carbocycles. The standard InChI is InChI=1S/C29H31N5O2/c1-20(35)21-9-11-22(12-10-21)27-26-8-4-5-18-34(26)28(31-27)23-7-6-17-33(19-23)29(36)30-24-13-15-25(16-14-24)32(2)3/h4-5,8-16,18,23H,6-7,17,19H2,1-3H3,(H,30,36)/t23-/m1/s1. The SMILES string of the molecule is CC(=O)c1ccc(-c2nc([C@@H]3CCCN(C(=O)Nc4ccc(N(C)C)cc4)C3)n3ccccc23)cc1. The van der Waals surface area contributed by atoms with Crippen LogP contribution in [0.1, 0.15) is 41.9 Å². The first-order chi connectivity index (χ1) is 17.4. The molecule has 0 unspecified atom stereocenters. The van der Waals surface area contributed by atoms with Crippen molar-refractivity contribution in [3.8, 4) is 11.3 Å². The molecule has 7 heteroatoms. The summed E-state index contributed by atoms with van der Waals surface area (Å²) in [7, 11) is 3.99. The van der Waals surface area contributed by atoms with E-state index in [1.54, 1.807) is 6.92 Å². The number of aromatic nitrogens is 2. The van der Waals surface area contributed by atoms with Crippen molar-refractivity contribution >= 4 is 28.7 Å². The largest absolute Gasteiger partial charge is 0.378 e. The van der Waals surface area contributed by atoms with Crippen LogP contribution in [0.2, 0.25) is 0 Å². The Kier molecular flexibility index (Phi) is 6.46. The van der Waals surface area contributed by atoms with E-state index in [2.05, 4.69) is 15.8 Å². The molecule has 1 N–H and O–H groups in total. The van der Waals surface area contributed by atoms with E-state index in [-0.39, 0.29) is 17.7 Å². The Hall–Kier alpha value is -4.13. The maximum atomic E-state index is 13.1. The fourth-order valence-electron chi connectivity index (χ4n) is 4.84. The summed E-state index contributed by atoms with van der Waals surface area (Å²) < 4.78 is 2.14. The van der Waals surface area contributed by atoms with Crippen molar-refractivity contribution in [3.05, 3.63) is 84.3 Å². The van der Waals surface area contributed by atoms with E-state index in [1.165, 1.54) is 0 Å². The molecule has 4 aromatic rings. The van der Waals surface area contributed by atoms with Crippen molar-refractivity contribution in [2.75, 3.05) is 37.4 Å². The molecule has 2 aromatic heterocycles. The number of piperidine rings is 1. The predicted molar refractivity (Wildman–Crippen MR) is 144 cm³/mol. The Labute approximate surface area is 211 Å². The summed E-state index contributed by atoms with van der Waals surface area (Å²) in [6, 6.07) is 21.5. The van der Waals surface area contributed by atoms with Gasteiger partial charge >= 0.3 is 6.03 Å². The van der Waals surface area contributed by atoms with Crippen LogP contribution in [0, 0.1) is 0 Å². The monoisotopic (exact) mass is 481 g/mol. The number of anilines is 2. The molecule has 2 aromatic carbocycles. The van der Waals surface area contributed by atoms with Gasteiger partial charge in [0.25, 0.3) is 0 Å². The van der Waals surface area contributed by atoms with Gasteiger partial charge in [-0.2, -0.15) is 0 Å². The quantitative estimate of drug-likeness (QED) is 0.372. The summed E-state index contributed by atoms with van der Waals surface area (Å²) >= 11 is 0. The average Bonchev–Trinajstić information content (AvgIpc) is 3.29. The number of imidazole rings is 1. The first-order valence-electron chi connectivity index (χ1n) is 12.3. The molecule has 0 spiro atoms. The van der Waals surface area contributed by atoms with Crippen molar-refractivity contribution < 1.29 is 9.59 Å². The highest BCUT2D eigenvalue weighted by molar-refractivity contribution is 5.94. The van der Waals surface area contributed by atoms with Crippen molar-refractivity contribution in [1.82, 2.24) is 14.3 Å². The van der Waals surface area contributed by atoms with Gasteiger partial charge in [-0.1, -0.05) is 30.3 Å². The molecule has 7 nitrogen and oxygen atoms in total. The third-order valence-electron chi connectivity index (χ3n) is 6.85. The summed E-state index contributed by atoms with van der Waals surface area (Å²) in [5.41, 5.74) is 5.45. The molecular weight excluding hydrogens is 450 g/mol. The number of carbonyl (C=O) groups excluding carboxylic acids is 2. The van der Waals surface area contributed by atoms with E-state index in [0.29, 0.717) is 12.1 Å². The molecule has 2 amide bonds. The number of hydrogen-bond acceptors (Lipinski definition) is 4. The van der Waals surface area contributed by atoms with Gasteiger partial charge in [0.1, 0.15) is 5.82 Å². The van der Waals surface area contributed by atoms with Crippen LogP contribution in [0.25, 0.3) is 16.8 Å². The number of Topliss-reactive ketones (excluding diaryl/α,β-unsaturated/α-hetero) is 1. The first kappa shape index (κ1) is 23.6. The first-order valence-corrected chi connectivity index (χ1v) is 12.3. The van der Waals surface area contributed by atoms with Crippen LogP contribution >= 0.6 is 0 Å². The molecule has 3 heterocycles. The Morgan fingerprint density at radius 2 is 1.75 bits per heavy atom. The fraction of sp³-hybridized carbons (Fsp3) is 0.276. The molecule has 1 aliphatic heterocycles. The molecule has 1 aliphatic rings. The number of nitrogens with zero attached hydrogens (tertiary/aromatic N) is 4. The second kappa shape index (κ2) is 9.85. The molecule has 1 fully saturated rings. The minimum absolute atomic E-state index is 0.0474.